The van der Waals surface area contributed by atoms with Crippen LogP contribution in [0.2, 0.25) is 0 Å². The molecule has 0 saturated heterocycles. The number of rotatable bonds is 3. The zero-order chi connectivity index (χ0) is 17.4. The molecule has 0 N–H and O–H groups in total. The molecule has 2 rings (SSSR count). The van der Waals surface area contributed by atoms with Crippen molar-refractivity contribution < 1.29 is 8.78 Å². The Balaban J connectivity index is 2.23. The monoisotopic (exact) mass is 319 g/mol. The molecule has 0 saturated carbocycles. The highest BCUT2D eigenvalue weighted by Gasteiger charge is 2.08. The van der Waals surface area contributed by atoms with Gasteiger partial charge in [0, 0.05) is 17.0 Å². The van der Waals surface area contributed by atoms with E-state index in [0.717, 1.165) is 31.4 Å². The van der Waals surface area contributed by atoms with Gasteiger partial charge >= 0.3 is 0 Å². The number of unbranched alkanes of at least 4 members (excludes halogenated alkanes) is 1. The molecule has 24 heavy (non-hydrogen) atoms. The summed E-state index contributed by atoms with van der Waals surface area (Å²) < 4.78 is 27.9. The molecular weight excluding hydrogens is 304 g/mol. The molecule has 118 valence electrons. The first-order chi connectivity index (χ1) is 11.6. The van der Waals surface area contributed by atoms with E-state index in [1.165, 1.54) is 5.56 Å². The predicted molar refractivity (Wildman–Crippen MR) is 89.9 cm³/mol. The van der Waals surface area contributed by atoms with Crippen molar-refractivity contribution in [3.63, 3.8) is 0 Å². The van der Waals surface area contributed by atoms with Gasteiger partial charge in [-0.25, -0.2) is 8.78 Å². The Kier molecular flexibility index (Phi) is 6.13. The fraction of sp³-hybridized carbons (Fsp3) is 0.190. The van der Waals surface area contributed by atoms with Crippen molar-refractivity contribution in [3.05, 3.63) is 70.3 Å². The third kappa shape index (κ3) is 4.70. The third-order valence-corrected chi connectivity index (χ3v) is 3.41. The molecule has 0 aliphatic carbocycles. The first-order valence-corrected chi connectivity index (χ1v) is 7.64. The first-order valence-electron chi connectivity index (χ1n) is 7.64. The lowest BCUT2D eigenvalue weighted by molar-refractivity contribution is 0.577. The minimum Gasteiger partial charge on any atom is -0.205 e. The lowest BCUT2D eigenvalue weighted by Crippen LogP contribution is -1.92. The number of hydrogen-bond donors (Lipinski definition) is 0. The zero-order valence-corrected chi connectivity index (χ0v) is 13.3. The van der Waals surface area contributed by atoms with Crippen LogP contribution in [0.1, 0.15) is 42.0 Å². The van der Waals surface area contributed by atoms with Crippen LogP contribution in [0.5, 0.6) is 0 Å². The quantitative estimate of drug-likeness (QED) is 0.760. The Morgan fingerprint density at radius 1 is 0.917 bits per heavy atom. The minimum atomic E-state index is -0.788. The second-order valence-corrected chi connectivity index (χ2v) is 5.23. The highest BCUT2D eigenvalue weighted by atomic mass is 19.1. The average molecular weight is 319 g/mol. The van der Waals surface area contributed by atoms with Crippen LogP contribution in [0, 0.1) is 46.6 Å². The molecule has 0 atom stereocenters. The molecule has 0 aliphatic heterocycles. The van der Waals surface area contributed by atoms with Crippen molar-refractivity contribution in [2.24, 2.45) is 0 Å². The maximum Gasteiger partial charge on any atom is 0.152 e. The molecule has 0 amide bonds. The standard InChI is InChI=1S/C21H15F2N/c1-2-3-5-16-7-9-17(10-8-16)11-12-19-20(22)14-18(6-4-13-24)15-21(19)23/h7-10,14-15H,2-3,5H2,1H3. The second kappa shape index (κ2) is 8.52. The van der Waals surface area contributed by atoms with Gasteiger partial charge in [0.1, 0.15) is 11.6 Å². The largest absolute Gasteiger partial charge is 0.205 e. The lowest BCUT2D eigenvalue weighted by atomic mass is 10.1. The van der Waals surface area contributed by atoms with Crippen molar-refractivity contribution in [1.82, 2.24) is 0 Å². The van der Waals surface area contributed by atoms with Gasteiger partial charge in [0.25, 0.3) is 0 Å². The third-order valence-electron chi connectivity index (χ3n) is 3.41. The highest BCUT2D eigenvalue weighted by molar-refractivity contribution is 5.48. The van der Waals surface area contributed by atoms with Crippen LogP contribution in [0.15, 0.2) is 36.4 Å². The van der Waals surface area contributed by atoms with Crippen molar-refractivity contribution in [2.75, 3.05) is 0 Å². The molecule has 1 nitrogen and oxygen atoms in total. The van der Waals surface area contributed by atoms with E-state index in [9.17, 15) is 8.78 Å². The molecule has 0 aromatic heterocycles. The van der Waals surface area contributed by atoms with Crippen molar-refractivity contribution in [3.8, 4) is 29.8 Å². The fourth-order valence-corrected chi connectivity index (χ4v) is 2.14. The van der Waals surface area contributed by atoms with Gasteiger partial charge in [-0.1, -0.05) is 43.2 Å². The molecule has 0 unspecified atom stereocenters. The summed E-state index contributed by atoms with van der Waals surface area (Å²) in [5.74, 6) is 8.19. The number of nitrogens with zero attached hydrogens (tertiary/aromatic N) is 1. The summed E-state index contributed by atoms with van der Waals surface area (Å²) in [6.45, 7) is 2.14. The second-order valence-electron chi connectivity index (χ2n) is 5.23. The average Bonchev–Trinajstić information content (AvgIpc) is 2.58. The Bertz CT molecular complexity index is 859. The van der Waals surface area contributed by atoms with E-state index in [1.807, 2.05) is 24.3 Å². The Hall–Kier alpha value is -3.09. The van der Waals surface area contributed by atoms with Crippen LogP contribution < -0.4 is 0 Å². The molecule has 0 bridgehead atoms. The molecule has 0 spiro atoms. The normalized spacial score (nSPS) is 9.25. The van der Waals surface area contributed by atoms with Gasteiger partial charge in [-0.15, -0.1) is 0 Å². The summed E-state index contributed by atoms with van der Waals surface area (Å²) in [5, 5.41) is 8.36. The summed E-state index contributed by atoms with van der Waals surface area (Å²) in [4.78, 5) is 0. The topological polar surface area (TPSA) is 23.8 Å². The van der Waals surface area contributed by atoms with Gasteiger partial charge in [-0.3, -0.25) is 0 Å². The Morgan fingerprint density at radius 3 is 2.17 bits per heavy atom. The van der Waals surface area contributed by atoms with Crippen LogP contribution in [0.4, 0.5) is 8.78 Å². The van der Waals surface area contributed by atoms with Crippen molar-refractivity contribution in [2.45, 2.75) is 26.2 Å². The number of nitriles is 1. The highest BCUT2D eigenvalue weighted by Crippen LogP contribution is 2.14. The molecule has 3 heteroatoms. The van der Waals surface area contributed by atoms with E-state index in [2.05, 4.69) is 30.6 Å². The summed E-state index contributed by atoms with van der Waals surface area (Å²) in [6, 6.07) is 11.4. The predicted octanol–water partition coefficient (Wildman–Crippen LogP) is 4.58. The van der Waals surface area contributed by atoms with E-state index < -0.39 is 11.6 Å². The Labute approximate surface area is 140 Å². The lowest BCUT2D eigenvalue weighted by Gasteiger charge is -2.00. The van der Waals surface area contributed by atoms with Crippen LogP contribution >= 0.6 is 0 Å². The zero-order valence-electron chi connectivity index (χ0n) is 13.3. The van der Waals surface area contributed by atoms with Gasteiger partial charge in [-0.2, -0.15) is 5.26 Å². The van der Waals surface area contributed by atoms with E-state index in [1.54, 1.807) is 6.07 Å². The van der Waals surface area contributed by atoms with Gasteiger partial charge < -0.3 is 0 Å². The number of benzene rings is 2. The van der Waals surface area contributed by atoms with Crippen LogP contribution in [-0.2, 0) is 6.42 Å². The summed E-state index contributed by atoms with van der Waals surface area (Å²) in [7, 11) is 0. The SMILES string of the molecule is CCCCc1ccc(C#Cc2c(F)cc(C#CC#N)cc2F)cc1. The number of aryl methyl sites for hydroxylation is 1. The van der Waals surface area contributed by atoms with E-state index in [-0.39, 0.29) is 11.1 Å². The van der Waals surface area contributed by atoms with Crippen LogP contribution in [0.25, 0.3) is 0 Å². The minimum absolute atomic E-state index is 0.109. The molecule has 0 radical (unpaired) electrons. The molecule has 2 aromatic carbocycles. The van der Waals surface area contributed by atoms with Crippen molar-refractivity contribution in [1.29, 1.82) is 5.26 Å². The molecular formula is C21H15F2N. The van der Waals surface area contributed by atoms with Gasteiger partial charge in [0.15, 0.2) is 6.07 Å². The summed E-state index contributed by atoms with van der Waals surface area (Å²) >= 11 is 0. The van der Waals surface area contributed by atoms with Gasteiger partial charge in [0.2, 0.25) is 0 Å². The molecule has 2 aromatic rings. The molecule has 0 aliphatic rings. The molecule has 0 heterocycles. The summed E-state index contributed by atoms with van der Waals surface area (Å²) in [5.41, 5.74) is 1.73. The van der Waals surface area contributed by atoms with E-state index >= 15 is 0 Å². The van der Waals surface area contributed by atoms with Gasteiger partial charge in [0.05, 0.1) is 5.56 Å². The van der Waals surface area contributed by atoms with Crippen molar-refractivity contribution >= 4 is 0 Å². The number of halogens is 2. The first kappa shape index (κ1) is 17.3. The van der Waals surface area contributed by atoms with Crippen LogP contribution in [-0.4, -0.2) is 0 Å². The van der Waals surface area contributed by atoms with Gasteiger partial charge in [-0.05, 0) is 42.7 Å². The molecule has 0 fully saturated rings. The number of hydrogen-bond acceptors (Lipinski definition) is 1. The smallest absolute Gasteiger partial charge is 0.152 e. The maximum atomic E-state index is 14.0. The Morgan fingerprint density at radius 2 is 1.58 bits per heavy atom. The van der Waals surface area contributed by atoms with Crippen LogP contribution in [0.3, 0.4) is 0 Å². The summed E-state index contributed by atoms with van der Waals surface area (Å²) in [6.07, 6.45) is 3.27. The van der Waals surface area contributed by atoms with E-state index in [0.29, 0.717) is 5.56 Å². The fourth-order valence-electron chi connectivity index (χ4n) is 2.14. The van der Waals surface area contributed by atoms with E-state index in [4.69, 9.17) is 5.26 Å². The maximum absolute atomic E-state index is 14.0.